The van der Waals surface area contributed by atoms with Crippen molar-refractivity contribution in [3.63, 3.8) is 0 Å². The molecule has 1 rings (SSSR count). The van der Waals surface area contributed by atoms with Crippen LogP contribution in [0.5, 0.6) is 11.5 Å². The average Bonchev–Trinajstić information content (AvgIpc) is 2.21. The third kappa shape index (κ3) is 2.51. The Kier molecular flexibility index (Phi) is 3.51. The number of hydrogen-bond donors (Lipinski definition) is 3. The molecular weight excluding hydrogens is 210 g/mol. The molecule has 5 nitrogen and oxygen atoms in total. The normalized spacial score (nSPS) is 10.2. The van der Waals surface area contributed by atoms with E-state index in [1.165, 1.54) is 12.2 Å². The van der Waals surface area contributed by atoms with Crippen molar-refractivity contribution in [1.29, 1.82) is 5.26 Å². The highest BCUT2D eigenvalue weighted by Gasteiger charge is 2.12. The molecule has 0 aliphatic heterocycles. The lowest BCUT2D eigenvalue weighted by Gasteiger charge is -2.03. The van der Waals surface area contributed by atoms with Crippen LogP contribution in [0.1, 0.15) is 22.3 Å². The van der Waals surface area contributed by atoms with E-state index in [0.29, 0.717) is 0 Å². The first-order valence-corrected chi connectivity index (χ1v) is 4.39. The topological polar surface area (TPSA) is 102 Å². The highest BCUT2D eigenvalue weighted by molar-refractivity contribution is 5.92. The number of benzene rings is 1. The molecule has 0 amide bonds. The number of aromatic hydroxyl groups is 2. The summed E-state index contributed by atoms with van der Waals surface area (Å²) in [7, 11) is 0. The summed E-state index contributed by atoms with van der Waals surface area (Å²) in [6.07, 6.45) is 3.06. The van der Waals surface area contributed by atoms with Gasteiger partial charge < -0.3 is 15.3 Å². The Morgan fingerprint density at radius 2 is 2.06 bits per heavy atom. The minimum Gasteiger partial charge on any atom is -0.507 e. The predicted octanol–water partition coefficient (Wildman–Crippen LogP) is 1.72. The van der Waals surface area contributed by atoms with Crippen molar-refractivity contribution in [2.45, 2.75) is 6.42 Å². The summed E-state index contributed by atoms with van der Waals surface area (Å²) in [6.45, 7) is 0. The monoisotopic (exact) mass is 219 g/mol. The molecule has 0 fully saturated rings. The fourth-order valence-corrected chi connectivity index (χ4v) is 1.14. The maximum absolute atomic E-state index is 10.7. The molecule has 0 aliphatic rings. The maximum Gasteiger partial charge on any atom is 0.339 e. The number of carbonyl (C=O) groups is 1. The Morgan fingerprint density at radius 1 is 1.38 bits per heavy atom. The fourth-order valence-electron chi connectivity index (χ4n) is 1.14. The Bertz CT molecular complexity index is 485. The molecule has 16 heavy (non-hydrogen) atoms. The van der Waals surface area contributed by atoms with Crippen LogP contribution in [0, 0.1) is 11.3 Å². The summed E-state index contributed by atoms with van der Waals surface area (Å²) in [5, 5.41) is 35.7. The van der Waals surface area contributed by atoms with Gasteiger partial charge in [-0.25, -0.2) is 4.79 Å². The van der Waals surface area contributed by atoms with Crippen LogP contribution in [-0.4, -0.2) is 21.3 Å². The predicted molar refractivity (Wildman–Crippen MR) is 56.0 cm³/mol. The Hall–Kier alpha value is -2.48. The van der Waals surface area contributed by atoms with E-state index < -0.39 is 11.7 Å². The summed E-state index contributed by atoms with van der Waals surface area (Å²) in [5.74, 6) is -2.02. The van der Waals surface area contributed by atoms with E-state index in [1.807, 2.05) is 6.07 Å². The number of allylic oxidation sites excluding steroid dienone is 1. The van der Waals surface area contributed by atoms with E-state index in [0.717, 1.165) is 12.1 Å². The van der Waals surface area contributed by atoms with Crippen LogP contribution >= 0.6 is 0 Å². The van der Waals surface area contributed by atoms with Crippen LogP contribution < -0.4 is 0 Å². The van der Waals surface area contributed by atoms with Crippen molar-refractivity contribution in [2.24, 2.45) is 0 Å². The van der Waals surface area contributed by atoms with Crippen molar-refractivity contribution in [1.82, 2.24) is 0 Å². The van der Waals surface area contributed by atoms with E-state index in [9.17, 15) is 15.0 Å². The number of rotatable bonds is 3. The summed E-state index contributed by atoms with van der Waals surface area (Å²) < 4.78 is 0. The van der Waals surface area contributed by atoms with Crippen molar-refractivity contribution in [3.8, 4) is 17.6 Å². The summed E-state index contributed by atoms with van der Waals surface area (Å²) in [5.41, 5.74) is -0.0557. The van der Waals surface area contributed by atoms with Gasteiger partial charge in [0.1, 0.15) is 17.1 Å². The molecular formula is C11H9NO4. The highest BCUT2D eigenvalue weighted by atomic mass is 16.4. The van der Waals surface area contributed by atoms with Crippen LogP contribution in [0.4, 0.5) is 0 Å². The van der Waals surface area contributed by atoms with Gasteiger partial charge in [0.2, 0.25) is 0 Å². The highest BCUT2D eigenvalue weighted by Crippen LogP contribution is 2.28. The molecule has 0 saturated heterocycles. The molecule has 0 aliphatic carbocycles. The SMILES string of the molecule is N#CCC=Cc1cc(C(=O)O)c(O)cc1O. The fraction of sp³-hybridized carbons (Fsp3) is 0.0909. The summed E-state index contributed by atoms with van der Waals surface area (Å²) in [4.78, 5) is 10.7. The van der Waals surface area contributed by atoms with E-state index in [-0.39, 0.29) is 23.3 Å². The molecule has 3 N–H and O–H groups in total. The third-order valence-electron chi connectivity index (χ3n) is 1.88. The van der Waals surface area contributed by atoms with E-state index in [1.54, 1.807) is 0 Å². The molecule has 82 valence electrons. The van der Waals surface area contributed by atoms with Gasteiger partial charge in [0.05, 0.1) is 12.5 Å². The molecule has 0 unspecified atom stereocenters. The maximum atomic E-state index is 10.7. The number of carboxylic acid groups (broad SMARTS) is 1. The van der Waals surface area contributed by atoms with Crippen molar-refractivity contribution in [3.05, 3.63) is 29.3 Å². The van der Waals surface area contributed by atoms with Gasteiger partial charge in [0.15, 0.2) is 0 Å². The zero-order chi connectivity index (χ0) is 12.1. The van der Waals surface area contributed by atoms with Gasteiger partial charge in [-0.05, 0) is 6.07 Å². The molecule has 1 aromatic carbocycles. The lowest BCUT2D eigenvalue weighted by atomic mass is 10.1. The first kappa shape index (κ1) is 11.6. The number of nitriles is 1. The Morgan fingerprint density at radius 3 is 2.62 bits per heavy atom. The van der Waals surface area contributed by atoms with Gasteiger partial charge in [-0.3, -0.25) is 0 Å². The van der Waals surface area contributed by atoms with E-state index in [2.05, 4.69) is 0 Å². The third-order valence-corrected chi connectivity index (χ3v) is 1.88. The van der Waals surface area contributed by atoms with Crippen LogP contribution in [0.2, 0.25) is 0 Å². The minimum absolute atomic E-state index is 0.155. The number of carboxylic acids is 1. The van der Waals surface area contributed by atoms with Crippen LogP contribution in [0.15, 0.2) is 18.2 Å². The number of hydrogen-bond acceptors (Lipinski definition) is 4. The second-order valence-electron chi connectivity index (χ2n) is 3.00. The minimum atomic E-state index is -1.28. The Labute approximate surface area is 91.5 Å². The van der Waals surface area contributed by atoms with E-state index >= 15 is 0 Å². The zero-order valence-electron chi connectivity index (χ0n) is 8.21. The first-order valence-electron chi connectivity index (χ1n) is 4.39. The van der Waals surface area contributed by atoms with Gasteiger partial charge in [0, 0.05) is 11.6 Å². The molecule has 0 aromatic heterocycles. The number of phenols is 2. The lowest BCUT2D eigenvalue weighted by Crippen LogP contribution is -1.97. The van der Waals surface area contributed by atoms with Crippen LogP contribution in [0.3, 0.4) is 0 Å². The van der Waals surface area contributed by atoms with Gasteiger partial charge in [-0.1, -0.05) is 12.2 Å². The number of aromatic carboxylic acids is 1. The van der Waals surface area contributed by atoms with Crippen LogP contribution in [-0.2, 0) is 0 Å². The second kappa shape index (κ2) is 4.84. The zero-order valence-corrected chi connectivity index (χ0v) is 8.21. The molecule has 0 saturated carbocycles. The first-order chi connectivity index (χ1) is 7.56. The van der Waals surface area contributed by atoms with Crippen molar-refractivity contribution < 1.29 is 20.1 Å². The van der Waals surface area contributed by atoms with Gasteiger partial charge in [0.25, 0.3) is 0 Å². The molecule has 5 heteroatoms. The lowest BCUT2D eigenvalue weighted by molar-refractivity contribution is 0.0693. The molecule has 0 heterocycles. The molecule has 0 radical (unpaired) electrons. The number of nitrogens with zero attached hydrogens (tertiary/aromatic N) is 1. The average molecular weight is 219 g/mol. The second-order valence-corrected chi connectivity index (χ2v) is 3.00. The molecule has 0 bridgehead atoms. The molecule has 0 atom stereocenters. The quantitative estimate of drug-likeness (QED) is 0.718. The van der Waals surface area contributed by atoms with Gasteiger partial charge in [-0.2, -0.15) is 5.26 Å². The van der Waals surface area contributed by atoms with Crippen molar-refractivity contribution >= 4 is 12.0 Å². The van der Waals surface area contributed by atoms with E-state index in [4.69, 9.17) is 10.4 Å². The van der Waals surface area contributed by atoms with Crippen molar-refractivity contribution in [2.75, 3.05) is 0 Å². The summed E-state index contributed by atoms with van der Waals surface area (Å²) >= 11 is 0. The van der Waals surface area contributed by atoms with Crippen LogP contribution in [0.25, 0.3) is 6.08 Å². The standard InChI is InChI=1S/C11H9NO4/c12-4-2-1-3-7-5-8(11(15)16)10(14)6-9(7)13/h1,3,5-6,13-14H,2H2,(H,15,16). The summed E-state index contributed by atoms with van der Waals surface area (Å²) in [6, 6.07) is 3.97. The smallest absolute Gasteiger partial charge is 0.339 e. The molecule has 1 aromatic rings. The Balaban J connectivity index is 3.16. The van der Waals surface area contributed by atoms with Gasteiger partial charge >= 0.3 is 5.97 Å². The van der Waals surface area contributed by atoms with Gasteiger partial charge in [-0.15, -0.1) is 0 Å². The number of phenolic OH excluding ortho intramolecular Hbond substituents is 1. The largest absolute Gasteiger partial charge is 0.507 e. The molecule has 0 spiro atoms.